The third kappa shape index (κ3) is 2.73. The topological polar surface area (TPSA) is 20.2 Å². The largest absolute Gasteiger partial charge is 0.390 e. The molecule has 0 saturated heterocycles. The monoisotopic (exact) mass is 198 g/mol. The van der Waals surface area contributed by atoms with Crippen LogP contribution in [0.25, 0.3) is 0 Å². The van der Waals surface area contributed by atoms with Gasteiger partial charge in [0, 0.05) is 0 Å². The zero-order chi connectivity index (χ0) is 11.0. The summed E-state index contributed by atoms with van der Waals surface area (Å²) in [5, 5.41) is 10.7. The summed E-state index contributed by atoms with van der Waals surface area (Å²) in [6, 6.07) is 0. The Bertz CT molecular complexity index is 190. The predicted molar refractivity (Wildman–Crippen MR) is 61.2 cm³/mol. The van der Waals surface area contributed by atoms with Crippen molar-refractivity contribution in [1.29, 1.82) is 0 Å². The summed E-state index contributed by atoms with van der Waals surface area (Å²) in [5.74, 6) is 1.13. The summed E-state index contributed by atoms with van der Waals surface area (Å²) in [5.41, 5.74) is -0.140. The van der Waals surface area contributed by atoms with Crippen LogP contribution in [-0.2, 0) is 0 Å². The van der Waals surface area contributed by atoms with Crippen molar-refractivity contribution < 1.29 is 5.11 Å². The molecule has 1 nitrogen and oxygen atoms in total. The molecule has 0 radical (unpaired) electrons. The first kappa shape index (κ1) is 12.0. The molecular weight excluding hydrogens is 172 g/mol. The SMILES string of the molecule is CC(C)C1CCCC1(O)CC(C)(C)C. The van der Waals surface area contributed by atoms with E-state index in [1.54, 1.807) is 0 Å². The molecule has 84 valence electrons. The molecule has 1 aliphatic carbocycles. The lowest BCUT2D eigenvalue weighted by Crippen LogP contribution is -2.39. The minimum atomic E-state index is -0.383. The molecule has 1 saturated carbocycles. The molecule has 0 aliphatic heterocycles. The highest BCUT2D eigenvalue weighted by molar-refractivity contribution is 4.95. The van der Waals surface area contributed by atoms with Gasteiger partial charge in [0.25, 0.3) is 0 Å². The summed E-state index contributed by atoms with van der Waals surface area (Å²) < 4.78 is 0. The molecule has 1 N–H and O–H groups in total. The van der Waals surface area contributed by atoms with Crippen molar-refractivity contribution in [2.45, 2.75) is 65.9 Å². The summed E-state index contributed by atoms with van der Waals surface area (Å²) in [6.07, 6.45) is 4.37. The summed E-state index contributed by atoms with van der Waals surface area (Å²) in [6.45, 7) is 11.1. The smallest absolute Gasteiger partial charge is 0.0683 e. The number of aliphatic hydroxyl groups is 1. The lowest BCUT2D eigenvalue weighted by molar-refractivity contribution is -0.0457. The van der Waals surface area contributed by atoms with Gasteiger partial charge in [0.05, 0.1) is 5.60 Å². The Labute approximate surface area is 88.9 Å². The highest BCUT2D eigenvalue weighted by Gasteiger charge is 2.44. The van der Waals surface area contributed by atoms with E-state index in [1.165, 1.54) is 12.8 Å². The van der Waals surface area contributed by atoms with Crippen LogP contribution in [-0.4, -0.2) is 10.7 Å². The molecule has 0 amide bonds. The fourth-order valence-corrected chi connectivity index (χ4v) is 3.17. The molecule has 0 bridgehead atoms. The van der Waals surface area contributed by atoms with E-state index in [4.69, 9.17) is 0 Å². The van der Waals surface area contributed by atoms with Crippen LogP contribution in [0.3, 0.4) is 0 Å². The van der Waals surface area contributed by atoms with Crippen LogP contribution >= 0.6 is 0 Å². The molecule has 1 aliphatic rings. The van der Waals surface area contributed by atoms with Gasteiger partial charge in [0.15, 0.2) is 0 Å². The highest BCUT2D eigenvalue weighted by atomic mass is 16.3. The van der Waals surface area contributed by atoms with E-state index < -0.39 is 0 Å². The maximum atomic E-state index is 10.7. The molecule has 2 atom stereocenters. The van der Waals surface area contributed by atoms with Gasteiger partial charge in [-0.15, -0.1) is 0 Å². The minimum Gasteiger partial charge on any atom is -0.390 e. The standard InChI is InChI=1S/C13H26O/c1-10(2)11-7-6-8-13(11,14)9-12(3,4)5/h10-11,14H,6-9H2,1-5H3. The second-order valence-corrected chi connectivity index (χ2v) is 6.58. The first-order valence-electron chi connectivity index (χ1n) is 5.97. The van der Waals surface area contributed by atoms with Crippen LogP contribution in [0.15, 0.2) is 0 Å². The lowest BCUT2D eigenvalue weighted by Gasteiger charge is -2.37. The molecule has 0 heterocycles. The van der Waals surface area contributed by atoms with Crippen molar-refractivity contribution in [3.63, 3.8) is 0 Å². The molecule has 14 heavy (non-hydrogen) atoms. The number of hydrogen-bond acceptors (Lipinski definition) is 1. The van der Waals surface area contributed by atoms with Gasteiger partial charge in [-0.1, -0.05) is 41.0 Å². The maximum absolute atomic E-state index is 10.7. The van der Waals surface area contributed by atoms with E-state index in [2.05, 4.69) is 34.6 Å². The van der Waals surface area contributed by atoms with Crippen LogP contribution in [0, 0.1) is 17.3 Å². The van der Waals surface area contributed by atoms with Crippen LogP contribution in [0.5, 0.6) is 0 Å². The second-order valence-electron chi connectivity index (χ2n) is 6.58. The molecule has 1 fully saturated rings. The second kappa shape index (κ2) is 3.84. The number of rotatable bonds is 2. The zero-order valence-corrected chi connectivity index (χ0v) is 10.4. The normalized spacial score (nSPS) is 34.1. The number of hydrogen-bond donors (Lipinski definition) is 1. The van der Waals surface area contributed by atoms with E-state index in [1.807, 2.05) is 0 Å². The average Bonchev–Trinajstić information content (AvgIpc) is 2.26. The van der Waals surface area contributed by atoms with Gasteiger partial charge in [-0.3, -0.25) is 0 Å². The van der Waals surface area contributed by atoms with Gasteiger partial charge in [0.2, 0.25) is 0 Å². The minimum absolute atomic E-state index is 0.242. The van der Waals surface area contributed by atoms with Crippen LogP contribution < -0.4 is 0 Å². The van der Waals surface area contributed by atoms with Crippen molar-refractivity contribution in [2.75, 3.05) is 0 Å². The van der Waals surface area contributed by atoms with Crippen molar-refractivity contribution in [1.82, 2.24) is 0 Å². The summed E-state index contributed by atoms with van der Waals surface area (Å²) in [7, 11) is 0. The van der Waals surface area contributed by atoms with Gasteiger partial charge in [-0.05, 0) is 36.5 Å². The average molecular weight is 198 g/mol. The fraction of sp³-hybridized carbons (Fsp3) is 1.00. The van der Waals surface area contributed by atoms with E-state index >= 15 is 0 Å². The fourth-order valence-electron chi connectivity index (χ4n) is 3.17. The Hall–Kier alpha value is -0.0400. The van der Waals surface area contributed by atoms with E-state index in [0.717, 1.165) is 12.8 Å². The van der Waals surface area contributed by atoms with Crippen LogP contribution in [0.1, 0.15) is 60.3 Å². The molecule has 0 aromatic carbocycles. The molecule has 1 heteroatoms. The first-order valence-corrected chi connectivity index (χ1v) is 5.97. The molecule has 2 unspecified atom stereocenters. The molecule has 0 spiro atoms. The molecule has 0 aromatic heterocycles. The van der Waals surface area contributed by atoms with E-state index in [9.17, 15) is 5.11 Å². The zero-order valence-electron chi connectivity index (χ0n) is 10.4. The molecule has 1 rings (SSSR count). The quantitative estimate of drug-likeness (QED) is 0.718. The Kier molecular flexibility index (Phi) is 3.30. The van der Waals surface area contributed by atoms with E-state index in [0.29, 0.717) is 11.8 Å². The Balaban J connectivity index is 2.71. The van der Waals surface area contributed by atoms with Crippen molar-refractivity contribution in [2.24, 2.45) is 17.3 Å². The summed E-state index contributed by atoms with van der Waals surface area (Å²) in [4.78, 5) is 0. The van der Waals surface area contributed by atoms with Gasteiger partial charge in [0.1, 0.15) is 0 Å². The van der Waals surface area contributed by atoms with Gasteiger partial charge < -0.3 is 5.11 Å². The van der Waals surface area contributed by atoms with Crippen LogP contribution in [0.2, 0.25) is 0 Å². The lowest BCUT2D eigenvalue weighted by atomic mass is 9.73. The first-order chi connectivity index (χ1) is 6.25. The van der Waals surface area contributed by atoms with Gasteiger partial charge in [-0.2, -0.15) is 0 Å². The maximum Gasteiger partial charge on any atom is 0.0683 e. The van der Waals surface area contributed by atoms with Crippen LogP contribution in [0.4, 0.5) is 0 Å². The highest BCUT2D eigenvalue weighted by Crippen LogP contribution is 2.46. The third-order valence-corrected chi connectivity index (χ3v) is 3.46. The van der Waals surface area contributed by atoms with Gasteiger partial charge in [-0.25, -0.2) is 0 Å². The van der Waals surface area contributed by atoms with E-state index in [-0.39, 0.29) is 11.0 Å². The summed E-state index contributed by atoms with van der Waals surface area (Å²) >= 11 is 0. The van der Waals surface area contributed by atoms with Crippen molar-refractivity contribution in [3.05, 3.63) is 0 Å². The van der Waals surface area contributed by atoms with Gasteiger partial charge >= 0.3 is 0 Å². The van der Waals surface area contributed by atoms with Crippen molar-refractivity contribution in [3.8, 4) is 0 Å². The Morgan fingerprint density at radius 3 is 2.36 bits per heavy atom. The predicted octanol–water partition coefficient (Wildman–Crippen LogP) is 3.61. The third-order valence-electron chi connectivity index (χ3n) is 3.46. The molecular formula is C13H26O. The van der Waals surface area contributed by atoms with Crippen molar-refractivity contribution >= 4 is 0 Å². The Morgan fingerprint density at radius 2 is 1.93 bits per heavy atom. The molecule has 0 aromatic rings. The Morgan fingerprint density at radius 1 is 1.36 bits per heavy atom.